The van der Waals surface area contributed by atoms with Gasteiger partial charge in [-0.05, 0) is 58.0 Å². The van der Waals surface area contributed by atoms with Crippen molar-refractivity contribution in [3.8, 4) is 0 Å². The van der Waals surface area contributed by atoms with E-state index in [2.05, 4.69) is 27.9 Å². The number of hydrogen-bond acceptors (Lipinski definition) is 2. The Morgan fingerprint density at radius 3 is 2.19 bits per heavy atom. The van der Waals surface area contributed by atoms with Crippen LogP contribution in [0.4, 0.5) is 5.69 Å². The lowest BCUT2D eigenvalue weighted by atomic mass is 10.1. The van der Waals surface area contributed by atoms with E-state index in [0.29, 0.717) is 0 Å². The number of rotatable bonds is 5. The van der Waals surface area contributed by atoms with Gasteiger partial charge in [-0.2, -0.15) is 0 Å². The van der Waals surface area contributed by atoms with Crippen LogP contribution in [0.25, 0.3) is 0 Å². The highest BCUT2D eigenvalue weighted by molar-refractivity contribution is 14.1. The lowest BCUT2D eigenvalue weighted by Gasteiger charge is -2.06. The summed E-state index contributed by atoms with van der Waals surface area (Å²) >= 11 is 0.365. The van der Waals surface area contributed by atoms with Gasteiger partial charge in [0.15, 0.2) is 11.1 Å². The Hall–Kier alpha value is -1.25. The van der Waals surface area contributed by atoms with Gasteiger partial charge in [0.2, 0.25) is 5.91 Å². The molecule has 0 aromatic heterocycles. The molecule has 0 bridgehead atoms. The number of carbonyl (C=O) groups excluding carboxylic acids is 1. The normalized spacial score (nSPS) is 11.9. The van der Waals surface area contributed by atoms with Crippen LogP contribution < -0.4 is 5.32 Å². The summed E-state index contributed by atoms with van der Waals surface area (Å²) in [6.07, 6.45) is 0.272. The smallest absolute Gasteiger partial charge is 0.228 e. The molecule has 0 radical (unpaired) electrons. The van der Waals surface area contributed by atoms with Crippen molar-refractivity contribution < 1.29 is 13.6 Å². The van der Waals surface area contributed by atoms with E-state index in [1.165, 1.54) is 0 Å². The fraction of sp³-hybridized carbons (Fsp3) is 0.133. The molecule has 1 amide bonds. The molecule has 0 fully saturated rings. The molecule has 0 aliphatic heterocycles. The molecular weight excluding hydrogens is 401 g/mol. The van der Waals surface area contributed by atoms with Gasteiger partial charge in [0.25, 0.3) is 0 Å². The average molecular weight is 415 g/mol. The summed E-state index contributed by atoms with van der Waals surface area (Å²) in [5.74, 6) is 0.0180. The second kappa shape index (κ2) is 7.67. The van der Waals surface area contributed by atoms with Crippen LogP contribution in [0, 0.1) is 3.57 Å². The molecule has 110 valence electrons. The van der Waals surface area contributed by atoms with Gasteiger partial charge >= 0.3 is 0 Å². The molecule has 2 aromatic rings. The van der Waals surface area contributed by atoms with E-state index in [1.54, 1.807) is 24.3 Å². The highest BCUT2D eigenvalue weighted by atomic mass is 127. The molecular formula is C15H14INO3S. The molecule has 1 unspecified atom stereocenters. The molecule has 0 saturated heterocycles. The molecule has 0 aliphatic carbocycles. The number of carbonyl (C=O) groups is 1. The summed E-state index contributed by atoms with van der Waals surface area (Å²) in [7, 11) is 0. The molecule has 0 aliphatic rings. The maximum atomic E-state index is 11.9. The van der Waals surface area contributed by atoms with Crippen molar-refractivity contribution in [1.29, 1.82) is 0 Å². The molecule has 6 heteroatoms. The topological polar surface area (TPSA) is 66.4 Å². The van der Waals surface area contributed by atoms with Crippen molar-refractivity contribution in [1.82, 2.24) is 0 Å². The van der Waals surface area contributed by atoms with Crippen molar-refractivity contribution in [2.45, 2.75) is 12.2 Å². The van der Waals surface area contributed by atoms with E-state index >= 15 is 0 Å². The monoisotopic (exact) mass is 415 g/mol. The van der Waals surface area contributed by atoms with Gasteiger partial charge in [0, 0.05) is 9.26 Å². The zero-order chi connectivity index (χ0) is 15.2. The highest BCUT2D eigenvalue weighted by Crippen LogP contribution is 2.12. The Labute approximate surface area is 139 Å². The lowest BCUT2D eigenvalue weighted by Crippen LogP contribution is -2.14. The predicted molar refractivity (Wildman–Crippen MR) is 92.4 cm³/mol. The molecule has 21 heavy (non-hydrogen) atoms. The summed E-state index contributed by atoms with van der Waals surface area (Å²) < 4.78 is 20.6. The van der Waals surface area contributed by atoms with Gasteiger partial charge in [-0.3, -0.25) is 4.79 Å². The maximum absolute atomic E-state index is 11.9. The molecule has 2 N–H and O–H groups in total. The van der Waals surface area contributed by atoms with Crippen LogP contribution in [-0.4, -0.2) is 14.7 Å². The van der Waals surface area contributed by atoms with Crippen LogP contribution in [0.1, 0.15) is 11.1 Å². The van der Waals surface area contributed by atoms with Crippen molar-refractivity contribution in [3.05, 3.63) is 63.2 Å². The standard InChI is InChI=1S/C15H14INO3S/c16-13-5-7-14(8-6-13)17-15(18)9-11-1-3-12(4-2-11)10-21(19)20/h1-8H,9-10H2,(H,17,18)(H,19,20). The van der Waals surface area contributed by atoms with Gasteiger partial charge in [-0.25, -0.2) is 4.21 Å². The number of halogens is 1. The second-order valence-corrected chi connectivity index (χ2v) is 6.69. The number of amides is 1. The third kappa shape index (κ3) is 5.56. The van der Waals surface area contributed by atoms with Crippen molar-refractivity contribution in [2.24, 2.45) is 0 Å². The van der Waals surface area contributed by atoms with Gasteiger partial charge in [0.1, 0.15) is 0 Å². The molecule has 0 spiro atoms. The van der Waals surface area contributed by atoms with Crippen LogP contribution in [0.2, 0.25) is 0 Å². The summed E-state index contributed by atoms with van der Waals surface area (Å²) in [4.78, 5) is 11.9. The first-order valence-electron chi connectivity index (χ1n) is 6.23. The summed E-state index contributed by atoms with van der Waals surface area (Å²) in [5, 5.41) is 2.83. The first-order chi connectivity index (χ1) is 10.0. The first-order valence-corrected chi connectivity index (χ1v) is 8.59. The number of nitrogens with one attached hydrogen (secondary N) is 1. The summed E-state index contributed by atoms with van der Waals surface area (Å²) in [6, 6.07) is 14.7. The van der Waals surface area contributed by atoms with Gasteiger partial charge < -0.3 is 9.87 Å². The van der Waals surface area contributed by atoms with Gasteiger partial charge in [-0.15, -0.1) is 0 Å². The van der Waals surface area contributed by atoms with Crippen LogP contribution in [0.5, 0.6) is 0 Å². The molecule has 0 saturated carbocycles. The van der Waals surface area contributed by atoms with Crippen LogP contribution in [0.3, 0.4) is 0 Å². The third-order valence-electron chi connectivity index (χ3n) is 2.81. The van der Waals surface area contributed by atoms with Crippen LogP contribution >= 0.6 is 22.6 Å². The minimum absolute atomic E-state index is 0.0882. The van der Waals surface area contributed by atoms with Gasteiger partial charge in [0.05, 0.1) is 12.2 Å². The Morgan fingerprint density at radius 2 is 1.62 bits per heavy atom. The SMILES string of the molecule is O=C(Cc1ccc(CS(=O)O)cc1)Nc1ccc(I)cc1. The third-order valence-corrected chi connectivity index (χ3v) is 4.11. The van der Waals surface area contributed by atoms with E-state index in [9.17, 15) is 9.00 Å². The summed E-state index contributed by atoms with van der Waals surface area (Å²) in [5.41, 5.74) is 2.41. The molecule has 1 atom stereocenters. The van der Waals surface area contributed by atoms with Crippen molar-refractivity contribution in [3.63, 3.8) is 0 Å². The summed E-state index contributed by atoms with van der Waals surface area (Å²) in [6.45, 7) is 0. The molecule has 0 heterocycles. The Morgan fingerprint density at radius 1 is 1.05 bits per heavy atom. The Bertz CT molecular complexity index is 641. The van der Waals surface area contributed by atoms with Gasteiger partial charge in [-0.1, -0.05) is 24.3 Å². The average Bonchev–Trinajstić information content (AvgIpc) is 2.43. The minimum Gasteiger partial charge on any atom is -0.326 e. The quantitative estimate of drug-likeness (QED) is 0.583. The zero-order valence-corrected chi connectivity index (χ0v) is 14.1. The zero-order valence-electron chi connectivity index (χ0n) is 11.1. The minimum atomic E-state index is -1.84. The van der Waals surface area contributed by atoms with Crippen LogP contribution in [-0.2, 0) is 28.0 Å². The van der Waals surface area contributed by atoms with E-state index in [0.717, 1.165) is 20.4 Å². The molecule has 4 nitrogen and oxygen atoms in total. The number of benzene rings is 2. The van der Waals surface area contributed by atoms with E-state index in [-0.39, 0.29) is 18.1 Å². The highest BCUT2D eigenvalue weighted by Gasteiger charge is 2.05. The molecule has 2 rings (SSSR count). The predicted octanol–water partition coefficient (Wildman–Crippen LogP) is 3.19. The molecule has 2 aromatic carbocycles. The lowest BCUT2D eigenvalue weighted by molar-refractivity contribution is -0.115. The van der Waals surface area contributed by atoms with E-state index < -0.39 is 11.1 Å². The van der Waals surface area contributed by atoms with E-state index in [1.807, 2.05) is 24.3 Å². The Kier molecular flexibility index (Phi) is 5.89. The van der Waals surface area contributed by atoms with Crippen molar-refractivity contribution in [2.75, 3.05) is 5.32 Å². The number of anilines is 1. The second-order valence-electron chi connectivity index (χ2n) is 4.51. The first kappa shape index (κ1) is 16.1. The fourth-order valence-electron chi connectivity index (χ4n) is 1.82. The maximum Gasteiger partial charge on any atom is 0.228 e. The largest absolute Gasteiger partial charge is 0.326 e. The van der Waals surface area contributed by atoms with Crippen molar-refractivity contribution >= 4 is 45.3 Å². The van der Waals surface area contributed by atoms with Crippen LogP contribution in [0.15, 0.2) is 48.5 Å². The number of hydrogen-bond donors (Lipinski definition) is 2. The fourth-order valence-corrected chi connectivity index (χ4v) is 2.66. The van der Waals surface area contributed by atoms with E-state index in [4.69, 9.17) is 4.55 Å². The Balaban J connectivity index is 1.93.